The maximum atomic E-state index is 3.62. The number of nitrogens with zero attached hydrogens (tertiary/aromatic N) is 2. The van der Waals surface area contributed by atoms with E-state index in [4.69, 9.17) is 0 Å². The van der Waals surface area contributed by atoms with Crippen LogP contribution in [0.5, 0.6) is 0 Å². The van der Waals surface area contributed by atoms with Crippen LogP contribution >= 0.6 is 0 Å². The Morgan fingerprint density at radius 2 is 1.75 bits per heavy atom. The van der Waals surface area contributed by atoms with Gasteiger partial charge in [0.05, 0.1) is 0 Å². The number of nitrogens with one attached hydrogen (secondary N) is 1. The molecule has 118 valence electrons. The van der Waals surface area contributed by atoms with Crippen molar-refractivity contribution in [3.63, 3.8) is 0 Å². The first-order valence-electron chi connectivity index (χ1n) is 8.99. The van der Waals surface area contributed by atoms with Crippen LogP contribution in [0.2, 0.25) is 0 Å². The molecule has 1 aliphatic heterocycles. The fraction of sp³-hybridized carbons (Fsp3) is 1.00. The lowest BCUT2D eigenvalue weighted by molar-refractivity contribution is 0.0874. The molecule has 1 aliphatic carbocycles. The van der Waals surface area contributed by atoms with Gasteiger partial charge in [-0.05, 0) is 44.3 Å². The summed E-state index contributed by atoms with van der Waals surface area (Å²) in [6.45, 7) is 14.3. The first-order valence-corrected chi connectivity index (χ1v) is 8.99. The molecule has 0 amide bonds. The molecule has 2 rings (SSSR count). The van der Waals surface area contributed by atoms with Crippen LogP contribution in [0.25, 0.3) is 0 Å². The van der Waals surface area contributed by atoms with E-state index in [-0.39, 0.29) is 0 Å². The smallest absolute Gasteiger partial charge is 0.0107 e. The van der Waals surface area contributed by atoms with Gasteiger partial charge in [-0.2, -0.15) is 0 Å². The normalized spacial score (nSPS) is 27.8. The summed E-state index contributed by atoms with van der Waals surface area (Å²) in [5, 5.41) is 3.62. The minimum Gasteiger partial charge on any atom is -0.314 e. The Hall–Kier alpha value is -0.120. The maximum absolute atomic E-state index is 3.62. The van der Waals surface area contributed by atoms with E-state index < -0.39 is 0 Å². The predicted octanol–water partition coefficient (Wildman–Crippen LogP) is 2.43. The Kier molecular flexibility index (Phi) is 7.32. The summed E-state index contributed by atoms with van der Waals surface area (Å²) in [5.41, 5.74) is 0. The molecular weight excluding hydrogens is 246 g/mol. The molecule has 2 aliphatic rings. The zero-order valence-corrected chi connectivity index (χ0v) is 13.7. The third kappa shape index (κ3) is 5.01. The molecule has 3 nitrogen and oxygen atoms in total. The van der Waals surface area contributed by atoms with Crippen molar-refractivity contribution >= 4 is 0 Å². The van der Waals surface area contributed by atoms with Crippen molar-refractivity contribution in [2.24, 2.45) is 11.8 Å². The molecule has 0 aromatic rings. The minimum atomic E-state index is 1.02. The van der Waals surface area contributed by atoms with Gasteiger partial charge in [0.1, 0.15) is 0 Å². The summed E-state index contributed by atoms with van der Waals surface area (Å²) in [7, 11) is 0. The van der Waals surface area contributed by atoms with E-state index in [2.05, 4.69) is 29.0 Å². The molecule has 0 radical (unpaired) electrons. The molecule has 1 N–H and O–H groups in total. The standard InChI is InChI=1S/C17H35N3/c1-3-19(4-2)13-10-18-11-14-20-12-9-16-7-5-6-8-17(16)15-20/h16-18H,3-15H2,1-2H3. The van der Waals surface area contributed by atoms with Gasteiger partial charge in [-0.1, -0.05) is 33.1 Å². The second-order valence-electron chi connectivity index (χ2n) is 6.67. The fourth-order valence-corrected chi connectivity index (χ4v) is 4.02. The second kappa shape index (κ2) is 9.01. The van der Waals surface area contributed by atoms with E-state index in [0.717, 1.165) is 18.4 Å². The van der Waals surface area contributed by atoms with Gasteiger partial charge in [0.2, 0.25) is 0 Å². The molecule has 0 aromatic carbocycles. The van der Waals surface area contributed by atoms with Gasteiger partial charge in [0.25, 0.3) is 0 Å². The first kappa shape index (κ1) is 16.3. The SMILES string of the molecule is CCN(CC)CCNCCN1CCC2CCCCC2C1. The Morgan fingerprint density at radius 3 is 2.50 bits per heavy atom. The highest BCUT2D eigenvalue weighted by molar-refractivity contribution is 4.83. The average Bonchev–Trinajstić information content (AvgIpc) is 2.51. The predicted molar refractivity (Wildman–Crippen MR) is 87.2 cm³/mol. The highest BCUT2D eigenvalue weighted by Crippen LogP contribution is 2.35. The second-order valence-corrected chi connectivity index (χ2v) is 6.67. The monoisotopic (exact) mass is 281 g/mol. The first-order chi connectivity index (χ1) is 9.83. The van der Waals surface area contributed by atoms with Gasteiger partial charge < -0.3 is 15.1 Å². The Balaban J connectivity index is 1.54. The van der Waals surface area contributed by atoms with Crippen molar-refractivity contribution in [1.29, 1.82) is 0 Å². The quantitative estimate of drug-likeness (QED) is 0.689. The third-order valence-electron chi connectivity index (χ3n) is 5.48. The Bertz CT molecular complexity index is 253. The van der Waals surface area contributed by atoms with E-state index in [9.17, 15) is 0 Å². The number of hydrogen-bond acceptors (Lipinski definition) is 3. The van der Waals surface area contributed by atoms with Crippen molar-refractivity contribution in [3.8, 4) is 0 Å². The molecule has 1 saturated carbocycles. The van der Waals surface area contributed by atoms with Crippen LogP contribution in [0.1, 0.15) is 46.0 Å². The number of likely N-dealkylation sites (tertiary alicyclic amines) is 1. The lowest BCUT2D eigenvalue weighted by atomic mass is 9.75. The number of piperidine rings is 1. The largest absolute Gasteiger partial charge is 0.314 e. The summed E-state index contributed by atoms with van der Waals surface area (Å²) >= 11 is 0. The topological polar surface area (TPSA) is 18.5 Å². The van der Waals surface area contributed by atoms with Crippen LogP contribution < -0.4 is 5.32 Å². The van der Waals surface area contributed by atoms with Crippen LogP contribution in [0, 0.1) is 11.8 Å². The van der Waals surface area contributed by atoms with Gasteiger partial charge >= 0.3 is 0 Å². The molecule has 0 aromatic heterocycles. The number of rotatable bonds is 8. The van der Waals surface area contributed by atoms with Crippen LogP contribution in [0.15, 0.2) is 0 Å². The summed E-state index contributed by atoms with van der Waals surface area (Å²) in [6.07, 6.45) is 7.45. The van der Waals surface area contributed by atoms with Crippen LogP contribution in [0.4, 0.5) is 0 Å². The Labute approximate surface area is 126 Å². The molecule has 0 spiro atoms. The molecule has 2 unspecified atom stereocenters. The van der Waals surface area contributed by atoms with Crippen molar-refractivity contribution in [2.45, 2.75) is 46.0 Å². The van der Waals surface area contributed by atoms with E-state index in [1.165, 1.54) is 77.9 Å². The molecule has 1 saturated heterocycles. The van der Waals surface area contributed by atoms with Gasteiger partial charge in [-0.25, -0.2) is 0 Å². The summed E-state index contributed by atoms with van der Waals surface area (Å²) < 4.78 is 0. The summed E-state index contributed by atoms with van der Waals surface area (Å²) in [4.78, 5) is 5.19. The maximum Gasteiger partial charge on any atom is 0.0107 e. The highest BCUT2D eigenvalue weighted by atomic mass is 15.2. The lowest BCUT2D eigenvalue weighted by Crippen LogP contribution is -2.44. The van der Waals surface area contributed by atoms with Crippen LogP contribution in [-0.2, 0) is 0 Å². The average molecular weight is 281 g/mol. The molecule has 1 heterocycles. The van der Waals surface area contributed by atoms with Gasteiger partial charge in [-0.3, -0.25) is 0 Å². The summed E-state index contributed by atoms with van der Waals surface area (Å²) in [5.74, 6) is 2.09. The zero-order valence-electron chi connectivity index (χ0n) is 13.7. The number of fused-ring (bicyclic) bond motifs is 1. The minimum absolute atomic E-state index is 1.02. The zero-order chi connectivity index (χ0) is 14.2. The highest BCUT2D eigenvalue weighted by Gasteiger charge is 2.30. The lowest BCUT2D eigenvalue weighted by Gasteiger charge is -2.41. The molecular formula is C17H35N3. The molecule has 3 heteroatoms. The number of likely N-dealkylation sites (N-methyl/N-ethyl adjacent to an activating group) is 1. The van der Waals surface area contributed by atoms with Gasteiger partial charge in [-0.15, -0.1) is 0 Å². The molecule has 0 bridgehead atoms. The van der Waals surface area contributed by atoms with E-state index in [1.54, 1.807) is 0 Å². The van der Waals surface area contributed by atoms with Crippen LogP contribution in [-0.4, -0.2) is 62.2 Å². The van der Waals surface area contributed by atoms with Crippen LogP contribution in [0.3, 0.4) is 0 Å². The van der Waals surface area contributed by atoms with Gasteiger partial charge in [0, 0.05) is 32.7 Å². The number of hydrogen-bond donors (Lipinski definition) is 1. The fourth-order valence-electron chi connectivity index (χ4n) is 4.02. The molecule has 20 heavy (non-hydrogen) atoms. The third-order valence-corrected chi connectivity index (χ3v) is 5.48. The van der Waals surface area contributed by atoms with Crippen molar-refractivity contribution in [3.05, 3.63) is 0 Å². The van der Waals surface area contributed by atoms with Crippen molar-refractivity contribution in [1.82, 2.24) is 15.1 Å². The van der Waals surface area contributed by atoms with E-state index in [1.807, 2.05) is 0 Å². The molecule has 2 atom stereocenters. The van der Waals surface area contributed by atoms with Crippen molar-refractivity contribution < 1.29 is 0 Å². The Morgan fingerprint density at radius 1 is 1.00 bits per heavy atom. The molecule has 2 fully saturated rings. The van der Waals surface area contributed by atoms with E-state index >= 15 is 0 Å². The van der Waals surface area contributed by atoms with Gasteiger partial charge in [0.15, 0.2) is 0 Å². The summed E-state index contributed by atoms with van der Waals surface area (Å²) in [6, 6.07) is 0. The van der Waals surface area contributed by atoms with Crippen molar-refractivity contribution in [2.75, 3.05) is 52.4 Å². The van der Waals surface area contributed by atoms with E-state index in [0.29, 0.717) is 0 Å².